The van der Waals surface area contributed by atoms with Gasteiger partial charge in [-0.3, -0.25) is 4.90 Å². The van der Waals surface area contributed by atoms with Crippen molar-refractivity contribution in [1.82, 2.24) is 25.3 Å². The average molecular weight is 649 g/mol. The number of benzene rings is 1. The monoisotopic (exact) mass is 648 g/mol. The van der Waals surface area contributed by atoms with Gasteiger partial charge in [0.25, 0.3) is 0 Å². The number of alkyl halides is 6. The summed E-state index contributed by atoms with van der Waals surface area (Å²) >= 11 is 12.4. The Balaban J connectivity index is 1.55. The minimum atomic E-state index is -5.00. The van der Waals surface area contributed by atoms with E-state index in [-0.39, 0.29) is 53.0 Å². The molecule has 0 bridgehead atoms. The molecule has 2 aliphatic rings. The number of carbonyl (C=O) groups excluding carboxylic acids is 1. The highest BCUT2D eigenvalue weighted by Crippen LogP contribution is 2.38. The molecule has 0 aliphatic carbocycles. The summed E-state index contributed by atoms with van der Waals surface area (Å²) in [4.78, 5) is 33.8. The number of rotatable bonds is 7. The number of carbonyl (C=O) groups is 1. The molecule has 0 saturated carbocycles. The Morgan fingerprint density at radius 3 is 2.21 bits per heavy atom. The quantitative estimate of drug-likeness (QED) is 0.241. The maximum absolute atomic E-state index is 13.6. The first-order chi connectivity index (χ1) is 20.2. The molecular formula is C26H24Cl2F6N8O. The zero-order chi connectivity index (χ0) is 31.1. The second-order valence-corrected chi connectivity index (χ2v) is 10.8. The van der Waals surface area contributed by atoms with Gasteiger partial charge in [0.05, 0.1) is 41.4 Å². The molecule has 230 valence electrons. The van der Waals surface area contributed by atoms with Crippen LogP contribution < -0.4 is 20.0 Å². The first-order valence-electron chi connectivity index (χ1n) is 13.1. The molecule has 2 amide bonds. The van der Waals surface area contributed by atoms with Crippen LogP contribution in [0.15, 0.2) is 36.8 Å². The maximum Gasteiger partial charge on any atom is 0.416 e. The third-order valence-corrected chi connectivity index (χ3v) is 7.77. The molecule has 2 atom stereocenters. The molecule has 5 rings (SSSR count). The van der Waals surface area contributed by atoms with E-state index in [4.69, 9.17) is 23.2 Å². The molecule has 0 spiro atoms. The Bertz CT molecular complexity index is 1460. The van der Waals surface area contributed by atoms with E-state index in [1.165, 1.54) is 23.5 Å². The Hall–Kier alpha value is -3.59. The number of nitrogens with one attached hydrogen (secondary N) is 1. The molecule has 1 N–H and O–H groups in total. The molecule has 2 saturated heterocycles. The van der Waals surface area contributed by atoms with Gasteiger partial charge >= 0.3 is 18.4 Å². The van der Waals surface area contributed by atoms with Crippen LogP contribution in [0.1, 0.15) is 36.5 Å². The highest BCUT2D eigenvalue weighted by atomic mass is 35.5. The summed E-state index contributed by atoms with van der Waals surface area (Å²) in [6, 6.07) is 0.489. The molecule has 2 aromatic heterocycles. The summed E-state index contributed by atoms with van der Waals surface area (Å²) in [7, 11) is 0. The smallest absolute Gasteiger partial charge is 0.350 e. The van der Waals surface area contributed by atoms with Gasteiger partial charge in [-0.1, -0.05) is 18.5 Å². The number of hydrogen-bond acceptors (Lipinski definition) is 7. The van der Waals surface area contributed by atoms with Crippen molar-refractivity contribution < 1.29 is 31.1 Å². The SMILES string of the molecule is CCC1CC(N(Cc2cc(C(F)(F)F)cc(C(F)(F)F)c2)c2ncc(N3CCNC3=O)cn2)CN1c1nc(Cl)ncc1Cl. The van der Waals surface area contributed by atoms with Crippen molar-refractivity contribution in [2.24, 2.45) is 0 Å². The van der Waals surface area contributed by atoms with Gasteiger partial charge in [-0.25, -0.2) is 19.7 Å². The third kappa shape index (κ3) is 6.66. The Labute approximate surface area is 251 Å². The van der Waals surface area contributed by atoms with E-state index in [2.05, 4.69) is 25.3 Å². The highest BCUT2D eigenvalue weighted by molar-refractivity contribution is 6.33. The van der Waals surface area contributed by atoms with Gasteiger partial charge in [0.15, 0.2) is 5.82 Å². The number of anilines is 3. The van der Waals surface area contributed by atoms with Gasteiger partial charge in [-0.15, -0.1) is 0 Å². The van der Waals surface area contributed by atoms with E-state index in [0.29, 0.717) is 49.6 Å². The van der Waals surface area contributed by atoms with Crippen LogP contribution in [-0.4, -0.2) is 57.7 Å². The van der Waals surface area contributed by atoms with Crippen LogP contribution in [0.25, 0.3) is 0 Å². The third-order valence-electron chi connectivity index (χ3n) is 7.32. The molecule has 2 fully saturated rings. The van der Waals surface area contributed by atoms with Crippen molar-refractivity contribution in [2.45, 2.75) is 50.7 Å². The molecule has 4 heterocycles. The molecular weight excluding hydrogens is 625 g/mol. The summed E-state index contributed by atoms with van der Waals surface area (Å²) in [5, 5.41) is 2.85. The van der Waals surface area contributed by atoms with Crippen LogP contribution >= 0.6 is 23.2 Å². The fourth-order valence-corrected chi connectivity index (χ4v) is 5.62. The van der Waals surface area contributed by atoms with E-state index in [0.717, 1.165) is 0 Å². The highest BCUT2D eigenvalue weighted by Gasteiger charge is 2.40. The predicted molar refractivity (Wildman–Crippen MR) is 147 cm³/mol. The lowest BCUT2D eigenvalue weighted by atomic mass is 10.0. The summed E-state index contributed by atoms with van der Waals surface area (Å²) in [5.74, 6) is 0.411. The van der Waals surface area contributed by atoms with Gasteiger partial charge in [-0.2, -0.15) is 31.3 Å². The predicted octanol–water partition coefficient (Wildman–Crippen LogP) is 6.20. The summed E-state index contributed by atoms with van der Waals surface area (Å²) in [6.45, 7) is 2.60. The zero-order valence-electron chi connectivity index (χ0n) is 22.4. The van der Waals surface area contributed by atoms with E-state index in [1.807, 2.05) is 11.8 Å². The number of halogens is 8. The fourth-order valence-electron chi connectivity index (χ4n) is 5.29. The van der Waals surface area contributed by atoms with Crippen LogP contribution in [0.3, 0.4) is 0 Å². The fraction of sp³-hybridized carbons (Fsp3) is 0.423. The Morgan fingerprint density at radius 1 is 1.00 bits per heavy atom. The number of amides is 2. The molecule has 0 radical (unpaired) electrons. The van der Waals surface area contributed by atoms with E-state index < -0.39 is 29.5 Å². The molecule has 1 aromatic carbocycles. The lowest BCUT2D eigenvalue weighted by Gasteiger charge is -2.30. The first kappa shape index (κ1) is 30.9. The largest absolute Gasteiger partial charge is 0.416 e. The molecule has 2 aliphatic heterocycles. The molecule has 43 heavy (non-hydrogen) atoms. The van der Waals surface area contributed by atoms with Gasteiger partial charge in [0.2, 0.25) is 11.2 Å². The van der Waals surface area contributed by atoms with Gasteiger partial charge < -0.3 is 15.1 Å². The lowest BCUT2D eigenvalue weighted by Crippen LogP contribution is -2.39. The van der Waals surface area contributed by atoms with E-state index >= 15 is 0 Å². The Morgan fingerprint density at radius 2 is 1.65 bits per heavy atom. The van der Waals surface area contributed by atoms with Crippen LogP contribution in [0.4, 0.5) is 48.6 Å². The first-order valence-corrected chi connectivity index (χ1v) is 13.9. The van der Waals surface area contributed by atoms with Crippen LogP contribution in [0.2, 0.25) is 10.3 Å². The van der Waals surface area contributed by atoms with Gasteiger partial charge in [0.1, 0.15) is 5.02 Å². The van der Waals surface area contributed by atoms with Crippen molar-refractivity contribution in [3.05, 3.63) is 63.8 Å². The van der Waals surface area contributed by atoms with E-state index in [1.54, 1.807) is 4.90 Å². The molecule has 9 nitrogen and oxygen atoms in total. The second-order valence-electron chi connectivity index (χ2n) is 10.1. The van der Waals surface area contributed by atoms with Gasteiger partial charge in [-0.05, 0) is 48.2 Å². The second kappa shape index (κ2) is 11.8. The van der Waals surface area contributed by atoms with Crippen molar-refractivity contribution in [2.75, 3.05) is 34.3 Å². The summed E-state index contributed by atoms with van der Waals surface area (Å²) in [5.41, 5.74) is -2.69. The number of aromatic nitrogens is 4. The minimum Gasteiger partial charge on any atom is -0.350 e. The molecule has 2 unspecified atom stereocenters. The standard InChI is InChI=1S/C26H24Cl2F6N8O/c1-2-17-8-18(13-41(17)21-20(27)11-36-22(28)39-21)42(23-37-9-19(10-38-23)40-4-3-35-24(40)43)12-14-5-15(25(29,30)31)7-16(6-14)26(32,33)34/h5-7,9-11,17-18H,2-4,8,12-13H2,1H3,(H,35,43). The lowest BCUT2D eigenvalue weighted by molar-refractivity contribution is -0.143. The van der Waals surface area contributed by atoms with Crippen LogP contribution in [-0.2, 0) is 18.9 Å². The molecule has 3 aromatic rings. The normalized spacial score (nSPS) is 19.2. The van der Waals surface area contributed by atoms with Crippen molar-refractivity contribution in [3.8, 4) is 0 Å². The average Bonchev–Trinajstić information content (AvgIpc) is 3.58. The van der Waals surface area contributed by atoms with Crippen molar-refractivity contribution >= 4 is 46.7 Å². The number of hydrogen-bond donors (Lipinski definition) is 1. The summed E-state index contributed by atoms with van der Waals surface area (Å²) in [6.07, 6.45) is -4.84. The van der Waals surface area contributed by atoms with E-state index in [9.17, 15) is 31.1 Å². The topological polar surface area (TPSA) is 90.4 Å². The Kier molecular flexibility index (Phi) is 8.49. The summed E-state index contributed by atoms with van der Waals surface area (Å²) < 4.78 is 81.9. The van der Waals surface area contributed by atoms with Crippen molar-refractivity contribution in [1.29, 1.82) is 0 Å². The number of urea groups is 1. The van der Waals surface area contributed by atoms with Crippen LogP contribution in [0.5, 0.6) is 0 Å². The van der Waals surface area contributed by atoms with Crippen LogP contribution in [0, 0.1) is 0 Å². The zero-order valence-corrected chi connectivity index (χ0v) is 23.9. The maximum atomic E-state index is 13.6. The number of nitrogens with zero attached hydrogens (tertiary/aromatic N) is 7. The minimum absolute atomic E-state index is 0.0388. The van der Waals surface area contributed by atoms with Crippen molar-refractivity contribution in [3.63, 3.8) is 0 Å². The molecule has 17 heteroatoms. The van der Waals surface area contributed by atoms with Gasteiger partial charge in [0, 0.05) is 32.2 Å².